The van der Waals surface area contributed by atoms with E-state index in [1.807, 2.05) is 0 Å². The Kier molecular flexibility index (Phi) is 1.66. The van der Waals surface area contributed by atoms with Crippen LogP contribution in [0.25, 0.3) is 0 Å². The SMILES string of the molecule is O=C1OC(O)c2cc(Br)ccc21. The molecule has 62 valence electrons. The molecule has 1 aliphatic heterocycles. The minimum Gasteiger partial charge on any atom is -0.428 e. The second-order valence-electron chi connectivity index (χ2n) is 2.49. The smallest absolute Gasteiger partial charge is 0.341 e. The molecule has 3 nitrogen and oxygen atoms in total. The lowest BCUT2D eigenvalue weighted by Crippen LogP contribution is -1.95. The number of benzene rings is 1. The summed E-state index contributed by atoms with van der Waals surface area (Å²) in [5.74, 6) is -0.468. The first-order valence-electron chi connectivity index (χ1n) is 3.37. The van der Waals surface area contributed by atoms with Crippen molar-refractivity contribution in [2.45, 2.75) is 6.29 Å². The highest BCUT2D eigenvalue weighted by molar-refractivity contribution is 9.10. The molecule has 1 aromatic rings. The lowest BCUT2D eigenvalue weighted by molar-refractivity contribution is -0.0547. The second kappa shape index (κ2) is 2.57. The molecular weight excluding hydrogens is 224 g/mol. The van der Waals surface area contributed by atoms with Crippen LogP contribution in [0.15, 0.2) is 22.7 Å². The number of hydrogen-bond donors (Lipinski definition) is 1. The Morgan fingerprint density at radius 2 is 2.25 bits per heavy atom. The van der Waals surface area contributed by atoms with Crippen LogP contribution in [0.2, 0.25) is 0 Å². The summed E-state index contributed by atoms with van der Waals surface area (Å²) in [7, 11) is 0. The number of aliphatic hydroxyl groups excluding tert-OH is 1. The van der Waals surface area contributed by atoms with Crippen LogP contribution in [0.1, 0.15) is 22.2 Å². The molecule has 0 saturated heterocycles. The maximum absolute atomic E-state index is 11.0. The molecule has 0 spiro atoms. The lowest BCUT2D eigenvalue weighted by Gasteiger charge is -2.00. The molecule has 0 bridgehead atoms. The van der Waals surface area contributed by atoms with Gasteiger partial charge in [0, 0.05) is 10.0 Å². The highest BCUT2D eigenvalue weighted by atomic mass is 79.9. The van der Waals surface area contributed by atoms with Crippen LogP contribution in [0, 0.1) is 0 Å². The summed E-state index contributed by atoms with van der Waals surface area (Å²) in [6.07, 6.45) is -1.11. The average molecular weight is 229 g/mol. The first kappa shape index (κ1) is 7.76. The van der Waals surface area contributed by atoms with Gasteiger partial charge in [0.05, 0.1) is 5.56 Å². The van der Waals surface area contributed by atoms with E-state index in [0.717, 1.165) is 4.47 Å². The molecule has 1 N–H and O–H groups in total. The zero-order valence-electron chi connectivity index (χ0n) is 5.95. The number of carbonyl (C=O) groups excluding carboxylic acids is 1. The van der Waals surface area contributed by atoms with Crippen molar-refractivity contribution >= 4 is 21.9 Å². The van der Waals surface area contributed by atoms with Crippen LogP contribution in [-0.4, -0.2) is 11.1 Å². The molecule has 1 heterocycles. The third kappa shape index (κ3) is 1.04. The van der Waals surface area contributed by atoms with Gasteiger partial charge in [-0.3, -0.25) is 0 Å². The van der Waals surface area contributed by atoms with Crippen LogP contribution in [0.5, 0.6) is 0 Å². The summed E-state index contributed by atoms with van der Waals surface area (Å²) < 4.78 is 5.40. The van der Waals surface area contributed by atoms with Crippen LogP contribution >= 0.6 is 15.9 Å². The quantitative estimate of drug-likeness (QED) is 0.687. The number of fused-ring (bicyclic) bond motifs is 1. The van der Waals surface area contributed by atoms with Crippen molar-refractivity contribution in [1.82, 2.24) is 0 Å². The van der Waals surface area contributed by atoms with Gasteiger partial charge in [-0.15, -0.1) is 0 Å². The summed E-state index contributed by atoms with van der Waals surface area (Å²) in [6.45, 7) is 0. The van der Waals surface area contributed by atoms with Crippen LogP contribution in [0.4, 0.5) is 0 Å². The fourth-order valence-electron chi connectivity index (χ4n) is 1.15. The highest BCUT2D eigenvalue weighted by Gasteiger charge is 2.28. The Morgan fingerprint density at radius 3 is 3.00 bits per heavy atom. The number of halogens is 1. The van der Waals surface area contributed by atoms with Crippen molar-refractivity contribution < 1.29 is 14.6 Å². The maximum atomic E-state index is 11.0. The first-order chi connectivity index (χ1) is 5.68. The van der Waals surface area contributed by atoms with Crippen molar-refractivity contribution in [1.29, 1.82) is 0 Å². The van der Waals surface area contributed by atoms with Crippen molar-refractivity contribution in [2.24, 2.45) is 0 Å². The minimum absolute atomic E-state index is 0.436. The Morgan fingerprint density at radius 1 is 1.50 bits per heavy atom. The fourth-order valence-corrected chi connectivity index (χ4v) is 1.53. The van der Waals surface area contributed by atoms with Gasteiger partial charge in [0.25, 0.3) is 0 Å². The lowest BCUT2D eigenvalue weighted by atomic mass is 10.1. The van der Waals surface area contributed by atoms with E-state index < -0.39 is 12.3 Å². The number of aliphatic hydroxyl groups is 1. The number of rotatable bonds is 0. The first-order valence-corrected chi connectivity index (χ1v) is 4.16. The van der Waals surface area contributed by atoms with Gasteiger partial charge >= 0.3 is 5.97 Å². The molecule has 12 heavy (non-hydrogen) atoms. The Bertz CT molecular complexity index is 348. The monoisotopic (exact) mass is 228 g/mol. The van der Waals surface area contributed by atoms with E-state index in [4.69, 9.17) is 0 Å². The molecule has 0 saturated carbocycles. The largest absolute Gasteiger partial charge is 0.428 e. The fraction of sp³-hybridized carbons (Fsp3) is 0.125. The van der Waals surface area contributed by atoms with Gasteiger partial charge in [0.1, 0.15) is 0 Å². The van der Waals surface area contributed by atoms with Gasteiger partial charge < -0.3 is 9.84 Å². The Balaban J connectivity index is 2.60. The summed E-state index contributed by atoms with van der Waals surface area (Å²) in [6, 6.07) is 5.03. The van der Waals surface area contributed by atoms with Crippen LogP contribution in [-0.2, 0) is 4.74 Å². The zero-order chi connectivity index (χ0) is 8.72. The van der Waals surface area contributed by atoms with Gasteiger partial charge in [0.15, 0.2) is 0 Å². The van der Waals surface area contributed by atoms with E-state index in [1.54, 1.807) is 18.2 Å². The second-order valence-corrected chi connectivity index (χ2v) is 3.40. The predicted octanol–water partition coefficient (Wildman–Crippen LogP) is 1.61. The summed E-state index contributed by atoms with van der Waals surface area (Å²) in [5, 5.41) is 9.21. The molecule has 1 unspecified atom stereocenters. The van der Waals surface area contributed by atoms with E-state index in [-0.39, 0.29) is 0 Å². The molecule has 2 rings (SSSR count). The van der Waals surface area contributed by atoms with Crippen molar-refractivity contribution in [2.75, 3.05) is 0 Å². The molecule has 0 amide bonds. The molecule has 4 heteroatoms. The van der Waals surface area contributed by atoms with Crippen molar-refractivity contribution in [3.63, 3.8) is 0 Å². The molecule has 0 aromatic heterocycles. The molecule has 0 fully saturated rings. The van der Waals surface area contributed by atoms with E-state index >= 15 is 0 Å². The average Bonchev–Trinajstić information content (AvgIpc) is 2.28. The summed E-state index contributed by atoms with van der Waals surface area (Å²) in [5.41, 5.74) is 0.958. The molecule has 0 radical (unpaired) electrons. The van der Waals surface area contributed by atoms with Gasteiger partial charge in [0.2, 0.25) is 6.29 Å². The van der Waals surface area contributed by atoms with E-state index in [9.17, 15) is 9.90 Å². The van der Waals surface area contributed by atoms with Crippen LogP contribution < -0.4 is 0 Å². The molecule has 1 aromatic carbocycles. The molecular formula is C8H5BrO3. The normalized spacial score (nSPS) is 20.5. The standard InChI is InChI=1S/C8H5BrO3/c9-4-1-2-5-6(3-4)8(11)12-7(5)10/h1-3,8,11H. The zero-order valence-corrected chi connectivity index (χ0v) is 7.54. The van der Waals surface area contributed by atoms with E-state index in [2.05, 4.69) is 20.7 Å². The third-order valence-electron chi connectivity index (χ3n) is 1.72. The van der Waals surface area contributed by atoms with Gasteiger partial charge in [-0.05, 0) is 18.2 Å². The van der Waals surface area contributed by atoms with Crippen LogP contribution in [0.3, 0.4) is 0 Å². The number of hydrogen-bond acceptors (Lipinski definition) is 3. The van der Waals surface area contributed by atoms with Crippen molar-refractivity contribution in [3.05, 3.63) is 33.8 Å². The number of esters is 1. The van der Waals surface area contributed by atoms with Gasteiger partial charge in [-0.25, -0.2) is 4.79 Å². The van der Waals surface area contributed by atoms with E-state index in [1.165, 1.54) is 0 Å². The molecule has 1 atom stereocenters. The topological polar surface area (TPSA) is 46.5 Å². The van der Waals surface area contributed by atoms with Gasteiger partial charge in [-0.1, -0.05) is 15.9 Å². The highest BCUT2D eigenvalue weighted by Crippen LogP contribution is 2.30. The molecule has 1 aliphatic rings. The maximum Gasteiger partial charge on any atom is 0.341 e. The Labute approximate surface area is 77.1 Å². The number of ether oxygens (including phenoxy) is 1. The third-order valence-corrected chi connectivity index (χ3v) is 2.21. The molecule has 0 aliphatic carbocycles. The predicted molar refractivity (Wildman–Crippen MR) is 44.5 cm³/mol. The van der Waals surface area contributed by atoms with Gasteiger partial charge in [-0.2, -0.15) is 0 Å². The van der Waals surface area contributed by atoms with Crippen molar-refractivity contribution in [3.8, 4) is 0 Å². The number of cyclic esters (lactones) is 1. The summed E-state index contributed by atoms with van der Waals surface area (Å²) in [4.78, 5) is 11.0. The number of carbonyl (C=O) groups is 1. The summed E-state index contributed by atoms with van der Waals surface area (Å²) >= 11 is 3.23. The van der Waals surface area contributed by atoms with E-state index in [0.29, 0.717) is 11.1 Å². The Hall–Kier alpha value is -0.870. The minimum atomic E-state index is -1.11.